The summed E-state index contributed by atoms with van der Waals surface area (Å²) in [5.74, 6) is 1.02. The molecule has 1 aliphatic rings. The fourth-order valence-electron chi connectivity index (χ4n) is 3.02. The topological polar surface area (TPSA) is 37.2 Å². The van der Waals surface area contributed by atoms with Crippen LogP contribution >= 0.6 is 11.6 Å². The first-order valence-corrected chi connectivity index (χ1v) is 8.05. The van der Waals surface area contributed by atoms with E-state index in [1.165, 1.54) is 5.69 Å². The number of aryl methyl sites for hydroxylation is 1. The van der Waals surface area contributed by atoms with Crippen molar-refractivity contribution in [3.63, 3.8) is 0 Å². The second-order valence-corrected chi connectivity index (χ2v) is 6.40. The first-order chi connectivity index (χ1) is 10.6. The van der Waals surface area contributed by atoms with Gasteiger partial charge in [-0.05, 0) is 44.2 Å². The minimum absolute atomic E-state index is 0.597. The standard InChI is InChI=1S/C16H22ClN5/c1-20(11-16-19-18-12-21(16)2)14-7-9-22(10-8-14)15-5-3-13(17)4-6-15/h3-6,12,14H,7-11H2,1-2H3. The smallest absolute Gasteiger partial charge is 0.146 e. The van der Waals surface area contributed by atoms with Gasteiger partial charge in [0, 0.05) is 36.9 Å². The van der Waals surface area contributed by atoms with Gasteiger partial charge in [-0.3, -0.25) is 4.90 Å². The van der Waals surface area contributed by atoms with E-state index in [4.69, 9.17) is 11.6 Å². The molecule has 2 aromatic rings. The molecule has 0 atom stereocenters. The summed E-state index contributed by atoms with van der Waals surface area (Å²) >= 11 is 5.96. The van der Waals surface area contributed by atoms with Crippen molar-refractivity contribution < 1.29 is 0 Å². The van der Waals surface area contributed by atoms with Crippen LogP contribution in [0.15, 0.2) is 30.6 Å². The van der Waals surface area contributed by atoms with Gasteiger partial charge < -0.3 is 9.47 Å². The number of piperidine rings is 1. The largest absolute Gasteiger partial charge is 0.371 e. The number of hydrogen-bond donors (Lipinski definition) is 0. The molecule has 0 radical (unpaired) electrons. The minimum Gasteiger partial charge on any atom is -0.371 e. The highest BCUT2D eigenvalue weighted by Gasteiger charge is 2.23. The van der Waals surface area contributed by atoms with Crippen molar-refractivity contribution in [2.24, 2.45) is 7.05 Å². The van der Waals surface area contributed by atoms with Gasteiger partial charge in [-0.2, -0.15) is 0 Å². The lowest BCUT2D eigenvalue weighted by Gasteiger charge is -2.37. The van der Waals surface area contributed by atoms with Crippen LogP contribution in [0, 0.1) is 0 Å². The van der Waals surface area contributed by atoms with E-state index in [1.54, 1.807) is 6.33 Å². The molecule has 3 rings (SSSR count). The maximum Gasteiger partial charge on any atom is 0.146 e. The van der Waals surface area contributed by atoms with Crippen LogP contribution in [0.5, 0.6) is 0 Å². The number of aromatic nitrogens is 3. The van der Waals surface area contributed by atoms with Crippen LogP contribution in [0.2, 0.25) is 5.02 Å². The van der Waals surface area contributed by atoms with E-state index in [1.807, 2.05) is 23.7 Å². The van der Waals surface area contributed by atoms with E-state index in [-0.39, 0.29) is 0 Å². The molecule has 0 N–H and O–H groups in total. The first kappa shape index (κ1) is 15.3. The molecule has 6 heteroatoms. The lowest BCUT2D eigenvalue weighted by molar-refractivity contribution is 0.194. The molecule has 0 amide bonds. The first-order valence-electron chi connectivity index (χ1n) is 7.67. The molecule has 0 saturated carbocycles. The second kappa shape index (κ2) is 6.67. The molecule has 1 fully saturated rings. The molecule has 1 saturated heterocycles. The Kier molecular flexibility index (Phi) is 4.64. The number of rotatable bonds is 4. The Balaban J connectivity index is 1.55. The summed E-state index contributed by atoms with van der Waals surface area (Å²) in [4.78, 5) is 4.83. The van der Waals surface area contributed by atoms with Gasteiger partial charge in [-0.15, -0.1) is 10.2 Å². The average molecular weight is 320 g/mol. The van der Waals surface area contributed by atoms with Crippen molar-refractivity contribution in [2.75, 3.05) is 25.0 Å². The van der Waals surface area contributed by atoms with E-state index in [9.17, 15) is 0 Å². The van der Waals surface area contributed by atoms with Gasteiger partial charge in [-0.1, -0.05) is 11.6 Å². The maximum atomic E-state index is 5.96. The van der Waals surface area contributed by atoms with Gasteiger partial charge in [0.1, 0.15) is 12.2 Å². The number of halogens is 1. The van der Waals surface area contributed by atoms with Crippen molar-refractivity contribution in [1.82, 2.24) is 19.7 Å². The summed E-state index contributed by atoms with van der Waals surface area (Å²) in [6.45, 7) is 3.01. The Morgan fingerprint density at radius 2 is 1.91 bits per heavy atom. The van der Waals surface area contributed by atoms with Gasteiger partial charge in [-0.25, -0.2) is 0 Å². The fraction of sp³-hybridized carbons (Fsp3) is 0.500. The van der Waals surface area contributed by atoms with Crippen molar-refractivity contribution in [2.45, 2.75) is 25.4 Å². The van der Waals surface area contributed by atoms with Gasteiger partial charge in [0.2, 0.25) is 0 Å². The minimum atomic E-state index is 0.597. The molecule has 0 unspecified atom stereocenters. The van der Waals surface area contributed by atoms with E-state index in [0.29, 0.717) is 6.04 Å². The van der Waals surface area contributed by atoms with Crippen LogP contribution in [-0.2, 0) is 13.6 Å². The molecule has 0 spiro atoms. The quantitative estimate of drug-likeness (QED) is 0.868. The van der Waals surface area contributed by atoms with Crippen molar-refractivity contribution in [3.8, 4) is 0 Å². The SMILES string of the molecule is CN(Cc1nncn1C)C1CCN(c2ccc(Cl)cc2)CC1. The molecule has 1 aromatic heterocycles. The Morgan fingerprint density at radius 3 is 2.50 bits per heavy atom. The monoisotopic (exact) mass is 319 g/mol. The predicted octanol–water partition coefficient (Wildman–Crippen LogP) is 2.57. The molecular weight excluding hydrogens is 298 g/mol. The zero-order valence-corrected chi connectivity index (χ0v) is 13.9. The van der Waals surface area contributed by atoms with Crippen LogP contribution in [-0.4, -0.2) is 45.8 Å². The summed E-state index contributed by atoms with van der Waals surface area (Å²) in [5.41, 5.74) is 1.26. The normalized spacial score (nSPS) is 16.5. The lowest BCUT2D eigenvalue weighted by atomic mass is 10.0. The third-order valence-electron chi connectivity index (χ3n) is 4.48. The van der Waals surface area contributed by atoms with Crippen LogP contribution in [0.25, 0.3) is 0 Å². The Hall–Kier alpha value is -1.59. The fourth-order valence-corrected chi connectivity index (χ4v) is 3.15. The molecule has 22 heavy (non-hydrogen) atoms. The zero-order valence-electron chi connectivity index (χ0n) is 13.1. The Bertz CT molecular complexity index is 601. The highest BCUT2D eigenvalue weighted by molar-refractivity contribution is 6.30. The highest BCUT2D eigenvalue weighted by Crippen LogP contribution is 2.24. The van der Waals surface area contributed by atoms with Gasteiger partial charge in [0.15, 0.2) is 0 Å². The predicted molar refractivity (Wildman–Crippen MR) is 89.2 cm³/mol. The summed E-state index contributed by atoms with van der Waals surface area (Å²) in [6, 6.07) is 8.73. The van der Waals surface area contributed by atoms with E-state index in [2.05, 4.69) is 39.2 Å². The number of benzene rings is 1. The Morgan fingerprint density at radius 1 is 1.23 bits per heavy atom. The molecular formula is C16H22ClN5. The van der Waals surface area contributed by atoms with Crippen LogP contribution in [0.4, 0.5) is 5.69 Å². The molecule has 2 heterocycles. The van der Waals surface area contributed by atoms with Crippen molar-refractivity contribution in [1.29, 1.82) is 0 Å². The summed E-state index contributed by atoms with van der Waals surface area (Å²) in [7, 11) is 4.17. The van der Waals surface area contributed by atoms with Gasteiger partial charge in [0.25, 0.3) is 0 Å². The average Bonchev–Trinajstić information content (AvgIpc) is 2.93. The number of hydrogen-bond acceptors (Lipinski definition) is 4. The third kappa shape index (κ3) is 3.42. The van der Waals surface area contributed by atoms with Gasteiger partial charge in [0.05, 0.1) is 6.54 Å². The van der Waals surface area contributed by atoms with Crippen LogP contribution < -0.4 is 4.90 Å². The van der Waals surface area contributed by atoms with Crippen LogP contribution in [0.3, 0.4) is 0 Å². The van der Waals surface area contributed by atoms with E-state index >= 15 is 0 Å². The molecule has 118 valence electrons. The van der Waals surface area contributed by atoms with Crippen molar-refractivity contribution >= 4 is 17.3 Å². The molecule has 1 aromatic carbocycles. The number of anilines is 1. The zero-order chi connectivity index (χ0) is 15.5. The lowest BCUT2D eigenvalue weighted by Crippen LogP contribution is -2.43. The van der Waals surface area contributed by atoms with Crippen LogP contribution in [0.1, 0.15) is 18.7 Å². The maximum absolute atomic E-state index is 5.96. The second-order valence-electron chi connectivity index (χ2n) is 5.97. The van der Waals surface area contributed by atoms with E-state index in [0.717, 1.165) is 43.3 Å². The molecule has 5 nitrogen and oxygen atoms in total. The van der Waals surface area contributed by atoms with Gasteiger partial charge >= 0.3 is 0 Å². The molecule has 0 bridgehead atoms. The third-order valence-corrected chi connectivity index (χ3v) is 4.73. The molecule has 1 aliphatic heterocycles. The molecule has 0 aliphatic carbocycles. The highest BCUT2D eigenvalue weighted by atomic mass is 35.5. The summed E-state index contributed by atoms with van der Waals surface area (Å²) < 4.78 is 1.99. The summed E-state index contributed by atoms with van der Waals surface area (Å²) in [5, 5.41) is 8.91. The number of nitrogens with zero attached hydrogens (tertiary/aromatic N) is 5. The van der Waals surface area contributed by atoms with E-state index < -0.39 is 0 Å². The Labute approximate surface area is 136 Å². The summed E-state index contributed by atoms with van der Waals surface area (Å²) in [6.07, 6.45) is 4.08. The van der Waals surface area contributed by atoms with Crippen molar-refractivity contribution in [3.05, 3.63) is 41.4 Å².